The zero-order valence-corrected chi connectivity index (χ0v) is 11.7. The van der Waals surface area contributed by atoms with E-state index in [1.165, 1.54) is 5.39 Å². The van der Waals surface area contributed by atoms with Gasteiger partial charge < -0.3 is 5.73 Å². The van der Waals surface area contributed by atoms with Crippen LogP contribution in [0.4, 0.5) is 0 Å². The van der Waals surface area contributed by atoms with Crippen LogP contribution >= 0.6 is 0 Å². The van der Waals surface area contributed by atoms with Crippen LogP contribution in [-0.4, -0.2) is 14.8 Å². The minimum absolute atomic E-state index is 0.0602. The van der Waals surface area contributed by atoms with Crippen LogP contribution in [0.15, 0.2) is 42.6 Å². The fraction of sp³-hybridized carbons (Fsp3) is 0.250. The molecule has 0 fully saturated rings. The molecule has 20 heavy (non-hydrogen) atoms. The summed E-state index contributed by atoms with van der Waals surface area (Å²) < 4.78 is 1.91. The van der Waals surface area contributed by atoms with E-state index in [0.717, 1.165) is 28.9 Å². The smallest absolute Gasteiger partial charge is 0.0722 e. The van der Waals surface area contributed by atoms with Crippen LogP contribution in [0.3, 0.4) is 0 Å². The van der Waals surface area contributed by atoms with Gasteiger partial charge in [-0.25, -0.2) is 0 Å². The van der Waals surface area contributed by atoms with Crippen molar-refractivity contribution in [3.05, 3.63) is 59.5 Å². The molecule has 0 aliphatic rings. The summed E-state index contributed by atoms with van der Waals surface area (Å²) in [4.78, 5) is 4.21. The molecule has 0 spiro atoms. The molecule has 0 saturated carbocycles. The van der Waals surface area contributed by atoms with E-state index in [9.17, 15) is 0 Å². The van der Waals surface area contributed by atoms with Gasteiger partial charge >= 0.3 is 0 Å². The number of rotatable bonds is 3. The second-order valence-corrected chi connectivity index (χ2v) is 5.13. The lowest BCUT2D eigenvalue weighted by Gasteiger charge is -2.11. The summed E-state index contributed by atoms with van der Waals surface area (Å²) in [7, 11) is 1.97. The van der Waals surface area contributed by atoms with Gasteiger partial charge in [0.2, 0.25) is 0 Å². The van der Waals surface area contributed by atoms with E-state index in [-0.39, 0.29) is 6.04 Å². The Kier molecular flexibility index (Phi) is 3.24. The number of hydrogen-bond acceptors (Lipinski definition) is 3. The summed E-state index contributed by atoms with van der Waals surface area (Å²) in [5.41, 5.74) is 10.6. The summed E-state index contributed by atoms with van der Waals surface area (Å²) in [5.74, 6) is 0. The normalized spacial score (nSPS) is 12.8. The molecule has 1 aromatic carbocycles. The van der Waals surface area contributed by atoms with Crippen LogP contribution in [0.25, 0.3) is 10.9 Å². The highest BCUT2D eigenvalue weighted by molar-refractivity contribution is 5.81. The summed E-state index contributed by atoms with van der Waals surface area (Å²) in [5, 5.41) is 5.78. The first-order valence-corrected chi connectivity index (χ1v) is 6.74. The third-order valence-corrected chi connectivity index (χ3v) is 3.60. The fourth-order valence-electron chi connectivity index (χ4n) is 2.56. The molecule has 0 saturated heterocycles. The van der Waals surface area contributed by atoms with E-state index in [1.54, 1.807) is 6.20 Å². The van der Waals surface area contributed by atoms with Gasteiger partial charge in [-0.05, 0) is 30.7 Å². The zero-order valence-electron chi connectivity index (χ0n) is 11.7. The quantitative estimate of drug-likeness (QED) is 0.792. The SMILES string of the molecule is Cc1cc(C(N)Cc2nn(C)c3ccccc23)ccn1. The molecular weight excluding hydrogens is 248 g/mol. The zero-order chi connectivity index (χ0) is 14.1. The van der Waals surface area contributed by atoms with Gasteiger partial charge in [0.15, 0.2) is 0 Å². The Labute approximate surface area is 118 Å². The molecule has 0 amide bonds. The number of hydrogen-bond donors (Lipinski definition) is 1. The Morgan fingerprint density at radius 3 is 2.85 bits per heavy atom. The standard InChI is InChI=1S/C16H18N4/c1-11-9-12(7-8-18-11)14(17)10-15-13-5-3-4-6-16(13)20(2)19-15/h3-9,14H,10,17H2,1-2H3. The molecule has 0 aliphatic carbocycles. The van der Waals surface area contributed by atoms with E-state index in [4.69, 9.17) is 5.73 Å². The number of nitrogens with two attached hydrogens (primary N) is 1. The van der Waals surface area contributed by atoms with E-state index in [1.807, 2.05) is 42.9 Å². The Bertz CT molecular complexity index is 745. The molecule has 1 atom stereocenters. The van der Waals surface area contributed by atoms with Crippen LogP contribution in [0, 0.1) is 6.92 Å². The molecule has 0 radical (unpaired) electrons. The second kappa shape index (κ2) is 5.06. The average molecular weight is 266 g/mol. The van der Waals surface area contributed by atoms with Crippen LogP contribution in [-0.2, 0) is 13.5 Å². The minimum atomic E-state index is -0.0602. The number of nitrogens with zero attached hydrogens (tertiary/aromatic N) is 3. The minimum Gasteiger partial charge on any atom is -0.324 e. The van der Waals surface area contributed by atoms with Crippen molar-refractivity contribution in [3.8, 4) is 0 Å². The molecule has 3 aromatic rings. The van der Waals surface area contributed by atoms with Gasteiger partial charge in [-0.3, -0.25) is 9.67 Å². The molecule has 2 heterocycles. The highest BCUT2D eigenvalue weighted by atomic mass is 15.3. The predicted molar refractivity (Wildman–Crippen MR) is 80.3 cm³/mol. The maximum Gasteiger partial charge on any atom is 0.0722 e. The fourth-order valence-corrected chi connectivity index (χ4v) is 2.56. The van der Waals surface area contributed by atoms with Crippen LogP contribution < -0.4 is 5.73 Å². The molecule has 0 aliphatic heterocycles. The Morgan fingerprint density at radius 2 is 2.05 bits per heavy atom. The van der Waals surface area contributed by atoms with Crippen molar-refractivity contribution in [1.82, 2.24) is 14.8 Å². The van der Waals surface area contributed by atoms with Crippen LogP contribution in [0.1, 0.15) is 23.0 Å². The first-order valence-electron chi connectivity index (χ1n) is 6.74. The molecule has 3 rings (SSSR count). The van der Waals surface area contributed by atoms with Crippen molar-refractivity contribution in [1.29, 1.82) is 0 Å². The highest BCUT2D eigenvalue weighted by Gasteiger charge is 2.13. The number of benzene rings is 1. The van der Waals surface area contributed by atoms with Crippen molar-refractivity contribution in [3.63, 3.8) is 0 Å². The first-order chi connectivity index (χ1) is 9.65. The van der Waals surface area contributed by atoms with Crippen molar-refractivity contribution in [2.45, 2.75) is 19.4 Å². The summed E-state index contributed by atoms with van der Waals surface area (Å²) in [6.07, 6.45) is 2.53. The summed E-state index contributed by atoms with van der Waals surface area (Å²) >= 11 is 0. The highest BCUT2D eigenvalue weighted by Crippen LogP contribution is 2.22. The Balaban J connectivity index is 1.93. The van der Waals surface area contributed by atoms with Crippen LogP contribution in [0.2, 0.25) is 0 Å². The van der Waals surface area contributed by atoms with Crippen LogP contribution in [0.5, 0.6) is 0 Å². The molecule has 2 aromatic heterocycles. The van der Waals surface area contributed by atoms with Crippen molar-refractivity contribution in [2.24, 2.45) is 12.8 Å². The summed E-state index contributed by atoms with van der Waals surface area (Å²) in [6, 6.07) is 12.2. The van der Waals surface area contributed by atoms with Crippen molar-refractivity contribution in [2.75, 3.05) is 0 Å². The van der Waals surface area contributed by atoms with Gasteiger partial charge in [-0.15, -0.1) is 0 Å². The van der Waals surface area contributed by atoms with E-state index >= 15 is 0 Å². The predicted octanol–water partition coefficient (Wildman–Crippen LogP) is 2.52. The van der Waals surface area contributed by atoms with Gasteiger partial charge in [0.25, 0.3) is 0 Å². The van der Waals surface area contributed by atoms with Gasteiger partial charge in [0.1, 0.15) is 0 Å². The average Bonchev–Trinajstić information content (AvgIpc) is 2.76. The van der Waals surface area contributed by atoms with Crippen molar-refractivity contribution < 1.29 is 0 Å². The first kappa shape index (κ1) is 12.8. The van der Waals surface area contributed by atoms with Gasteiger partial charge in [-0.2, -0.15) is 5.10 Å². The van der Waals surface area contributed by atoms with Gasteiger partial charge in [0.05, 0.1) is 11.2 Å². The third-order valence-electron chi connectivity index (χ3n) is 3.60. The topological polar surface area (TPSA) is 56.7 Å². The number of para-hydroxylation sites is 1. The van der Waals surface area contributed by atoms with E-state index in [0.29, 0.717) is 0 Å². The molecule has 1 unspecified atom stereocenters. The Hall–Kier alpha value is -2.20. The molecule has 0 bridgehead atoms. The number of aryl methyl sites for hydroxylation is 2. The monoisotopic (exact) mass is 266 g/mol. The van der Waals surface area contributed by atoms with Gasteiger partial charge in [0, 0.05) is 36.8 Å². The lowest BCUT2D eigenvalue weighted by molar-refractivity contribution is 0.680. The molecule has 4 heteroatoms. The summed E-state index contributed by atoms with van der Waals surface area (Å²) in [6.45, 7) is 1.98. The lowest BCUT2D eigenvalue weighted by atomic mass is 10.0. The Morgan fingerprint density at radius 1 is 1.25 bits per heavy atom. The molecule has 2 N–H and O–H groups in total. The third kappa shape index (κ3) is 2.30. The lowest BCUT2D eigenvalue weighted by Crippen LogP contribution is -2.14. The number of pyridine rings is 1. The van der Waals surface area contributed by atoms with E-state index in [2.05, 4.69) is 22.2 Å². The maximum atomic E-state index is 6.32. The number of aromatic nitrogens is 3. The second-order valence-electron chi connectivity index (χ2n) is 5.13. The number of fused-ring (bicyclic) bond motifs is 1. The van der Waals surface area contributed by atoms with E-state index < -0.39 is 0 Å². The molecule has 102 valence electrons. The molecule has 4 nitrogen and oxygen atoms in total. The largest absolute Gasteiger partial charge is 0.324 e. The van der Waals surface area contributed by atoms with Gasteiger partial charge in [-0.1, -0.05) is 18.2 Å². The van der Waals surface area contributed by atoms with Crippen molar-refractivity contribution >= 4 is 10.9 Å². The molecular formula is C16H18N4. The maximum absolute atomic E-state index is 6.32.